The lowest BCUT2D eigenvalue weighted by Crippen LogP contribution is -2.52. The summed E-state index contributed by atoms with van der Waals surface area (Å²) in [5, 5.41) is 10.1. The fraction of sp³-hybridized carbons (Fsp3) is 0.552. The Kier molecular flexibility index (Phi) is 8.70. The Labute approximate surface area is 223 Å². The Bertz CT molecular complexity index is 1040. The van der Waals surface area contributed by atoms with Crippen molar-refractivity contribution >= 4 is 17.7 Å². The van der Waals surface area contributed by atoms with Gasteiger partial charge in [-0.25, -0.2) is 4.39 Å². The van der Waals surface area contributed by atoms with E-state index in [0.717, 1.165) is 75.5 Å². The van der Waals surface area contributed by atoms with Crippen molar-refractivity contribution in [1.82, 2.24) is 14.7 Å². The summed E-state index contributed by atoms with van der Waals surface area (Å²) in [6, 6.07) is 15.2. The normalized spacial score (nSPS) is 24.5. The van der Waals surface area contributed by atoms with E-state index in [1.807, 2.05) is 29.2 Å². The van der Waals surface area contributed by atoms with Gasteiger partial charge in [0.15, 0.2) is 0 Å². The summed E-state index contributed by atoms with van der Waals surface area (Å²) in [4.78, 5) is 21.7. The summed E-state index contributed by atoms with van der Waals surface area (Å²) in [5.41, 5.74) is 0.640. The summed E-state index contributed by atoms with van der Waals surface area (Å²) in [7, 11) is 1.66. The van der Waals surface area contributed by atoms with E-state index in [-0.39, 0.29) is 29.1 Å². The van der Waals surface area contributed by atoms with E-state index in [0.29, 0.717) is 18.2 Å². The second-order valence-electron chi connectivity index (χ2n) is 10.5. The number of ether oxygens (including phenoxy) is 1. The smallest absolute Gasteiger partial charge is 0.239 e. The van der Waals surface area contributed by atoms with Crippen molar-refractivity contribution in [2.45, 2.75) is 67.0 Å². The first-order valence-electron chi connectivity index (χ1n) is 13.5. The molecule has 1 amide bonds. The number of thioether (sulfide) groups is 1. The largest absolute Gasteiger partial charge is 0.497 e. The van der Waals surface area contributed by atoms with Crippen molar-refractivity contribution in [3.63, 3.8) is 0 Å². The first-order valence-corrected chi connectivity index (χ1v) is 14.4. The van der Waals surface area contributed by atoms with E-state index in [9.17, 15) is 14.3 Å². The zero-order chi connectivity index (χ0) is 25.8. The molecule has 37 heavy (non-hydrogen) atoms. The number of aliphatic hydroxyl groups is 1. The van der Waals surface area contributed by atoms with Crippen LogP contribution in [0.1, 0.15) is 37.7 Å². The van der Waals surface area contributed by atoms with Crippen LogP contribution >= 0.6 is 11.8 Å². The number of carbonyl (C=O) groups excluding carboxylic acids is 1. The Morgan fingerprint density at radius 2 is 1.73 bits per heavy atom. The van der Waals surface area contributed by atoms with E-state index in [1.54, 1.807) is 24.9 Å². The second-order valence-corrected chi connectivity index (χ2v) is 11.9. The quantitative estimate of drug-likeness (QED) is 0.587. The molecule has 3 fully saturated rings. The predicted molar refractivity (Wildman–Crippen MR) is 144 cm³/mol. The van der Waals surface area contributed by atoms with Crippen LogP contribution in [0.5, 0.6) is 5.75 Å². The number of methoxy groups -OCH3 is 1. The molecule has 0 bridgehead atoms. The summed E-state index contributed by atoms with van der Waals surface area (Å²) >= 11 is 1.79. The van der Waals surface area contributed by atoms with Gasteiger partial charge >= 0.3 is 0 Å². The molecule has 0 radical (unpaired) electrons. The second kappa shape index (κ2) is 12.2. The molecule has 0 saturated carbocycles. The van der Waals surface area contributed by atoms with Crippen molar-refractivity contribution in [1.29, 1.82) is 0 Å². The van der Waals surface area contributed by atoms with Gasteiger partial charge in [0.1, 0.15) is 11.6 Å². The van der Waals surface area contributed by atoms with Gasteiger partial charge in [0, 0.05) is 61.0 Å². The minimum atomic E-state index is -0.239. The standard InChI is InChI=1S/C29H38FN3O3S/c1-36-24-6-8-25(9-7-24)37-26-18-28(33(20-26)19-21-4-2-3-5-27(21)30)29(35)32-14-10-22(11-15-32)31-16-12-23(34)13-17-31/h2-9,22-23,26,28,34H,10-20H2,1H3/t26-,28-/m0/s1. The van der Waals surface area contributed by atoms with Crippen molar-refractivity contribution in [3.05, 3.63) is 59.9 Å². The number of hydrogen-bond acceptors (Lipinski definition) is 6. The van der Waals surface area contributed by atoms with Crippen LogP contribution in [0.25, 0.3) is 0 Å². The Balaban J connectivity index is 1.24. The third-order valence-electron chi connectivity index (χ3n) is 8.14. The third kappa shape index (κ3) is 6.48. The highest BCUT2D eigenvalue weighted by molar-refractivity contribution is 8.00. The molecule has 200 valence electrons. The van der Waals surface area contributed by atoms with Crippen LogP contribution in [0.15, 0.2) is 53.4 Å². The average Bonchev–Trinajstić information content (AvgIpc) is 3.32. The first-order chi connectivity index (χ1) is 18.0. The maximum atomic E-state index is 14.5. The minimum Gasteiger partial charge on any atom is -0.497 e. The zero-order valence-electron chi connectivity index (χ0n) is 21.6. The van der Waals surface area contributed by atoms with Crippen molar-refractivity contribution in [2.24, 2.45) is 0 Å². The molecule has 6 nitrogen and oxygen atoms in total. The summed E-state index contributed by atoms with van der Waals surface area (Å²) in [6.45, 7) is 4.61. The molecule has 3 saturated heterocycles. The monoisotopic (exact) mass is 527 g/mol. The van der Waals surface area contributed by atoms with E-state index < -0.39 is 0 Å². The average molecular weight is 528 g/mol. The van der Waals surface area contributed by atoms with Gasteiger partial charge in [0.2, 0.25) is 5.91 Å². The molecule has 3 aliphatic heterocycles. The van der Waals surface area contributed by atoms with Gasteiger partial charge in [0.25, 0.3) is 0 Å². The van der Waals surface area contributed by atoms with Gasteiger partial charge in [-0.05, 0) is 62.4 Å². The molecule has 1 N–H and O–H groups in total. The molecule has 5 rings (SSSR count). The van der Waals surface area contributed by atoms with E-state index in [1.165, 1.54) is 6.07 Å². The lowest BCUT2D eigenvalue weighted by atomic mass is 9.98. The van der Waals surface area contributed by atoms with Crippen LogP contribution < -0.4 is 4.74 Å². The molecule has 8 heteroatoms. The Morgan fingerprint density at radius 3 is 2.41 bits per heavy atom. The number of likely N-dealkylation sites (tertiary alicyclic amines) is 3. The Hall–Kier alpha value is -2.13. The molecule has 0 aromatic heterocycles. The van der Waals surface area contributed by atoms with E-state index >= 15 is 0 Å². The van der Waals surface area contributed by atoms with Crippen LogP contribution in [-0.2, 0) is 11.3 Å². The van der Waals surface area contributed by atoms with Crippen LogP contribution in [0.4, 0.5) is 4.39 Å². The molecule has 0 aliphatic carbocycles. The van der Waals surface area contributed by atoms with E-state index in [2.05, 4.69) is 21.9 Å². The number of amides is 1. The highest BCUT2D eigenvalue weighted by Crippen LogP contribution is 2.36. The van der Waals surface area contributed by atoms with Crippen LogP contribution in [-0.4, -0.2) is 89.0 Å². The molecular formula is C29H38FN3O3S. The SMILES string of the molecule is COc1ccc(S[C@H]2C[C@@H](C(=O)N3CCC(N4CCC(O)CC4)CC3)N(Cc3ccccc3F)C2)cc1. The number of aliphatic hydroxyl groups excluding tert-OH is 1. The number of piperidine rings is 2. The first kappa shape index (κ1) is 26.5. The van der Waals surface area contributed by atoms with Crippen LogP contribution in [0.3, 0.4) is 0 Å². The number of halogens is 1. The molecule has 0 spiro atoms. The molecule has 2 aromatic carbocycles. The molecule has 2 atom stereocenters. The highest BCUT2D eigenvalue weighted by atomic mass is 32.2. The van der Waals surface area contributed by atoms with Crippen LogP contribution in [0.2, 0.25) is 0 Å². The number of nitrogens with zero attached hydrogens (tertiary/aromatic N) is 3. The molecule has 3 aliphatic rings. The fourth-order valence-corrected chi connectivity index (χ4v) is 7.21. The topological polar surface area (TPSA) is 56.3 Å². The zero-order valence-corrected chi connectivity index (χ0v) is 22.4. The maximum Gasteiger partial charge on any atom is 0.239 e. The minimum absolute atomic E-state index is 0.163. The summed E-state index contributed by atoms with van der Waals surface area (Å²) < 4.78 is 19.8. The molecule has 2 aromatic rings. The van der Waals surface area contributed by atoms with Gasteiger partial charge in [-0.3, -0.25) is 9.69 Å². The van der Waals surface area contributed by atoms with Gasteiger partial charge in [-0.1, -0.05) is 18.2 Å². The number of benzene rings is 2. The lowest BCUT2D eigenvalue weighted by Gasteiger charge is -2.42. The highest BCUT2D eigenvalue weighted by Gasteiger charge is 2.40. The summed E-state index contributed by atoms with van der Waals surface area (Å²) in [6.07, 6.45) is 4.24. The maximum absolute atomic E-state index is 14.5. The summed E-state index contributed by atoms with van der Waals surface area (Å²) in [5.74, 6) is 0.795. The Morgan fingerprint density at radius 1 is 1.03 bits per heavy atom. The van der Waals surface area contributed by atoms with Crippen molar-refractivity contribution in [2.75, 3.05) is 39.8 Å². The number of hydrogen-bond donors (Lipinski definition) is 1. The van der Waals surface area contributed by atoms with Gasteiger partial charge in [-0.2, -0.15) is 0 Å². The molecule has 3 heterocycles. The molecular weight excluding hydrogens is 489 g/mol. The van der Waals surface area contributed by atoms with Crippen LogP contribution in [0, 0.1) is 5.82 Å². The predicted octanol–water partition coefficient (Wildman–Crippen LogP) is 4.02. The number of carbonyl (C=O) groups is 1. The van der Waals surface area contributed by atoms with Crippen molar-refractivity contribution in [3.8, 4) is 5.75 Å². The lowest BCUT2D eigenvalue weighted by molar-refractivity contribution is -0.137. The molecule has 0 unspecified atom stereocenters. The fourth-order valence-electron chi connectivity index (χ4n) is 5.98. The van der Waals surface area contributed by atoms with Gasteiger partial charge in [-0.15, -0.1) is 11.8 Å². The van der Waals surface area contributed by atoms with Crippen molar-refractivity contribution < 1.29 is 19.0 Å². The number of rotatable bonds is 7. The third-order valence-corrected chi connectivity index (χ3v) is 9.35. The van der Waals surface area contributed by atoms with Gasteiger partial charge < -0.3 is 19.6 Å². The van der Waals surface area contributed by atoms with E-state index in [4.69, 9.17) is 4.74 Å². The van der Waals surface area contributed by atoms with Gasteiger partial charge in [0.05, 0.1) is 19.3 Å².